The Morgan fingerprint density at radius 3 is 2.52 bits per heavy atom. The van der Waals surface area contributed by atoms with Gasteiger partial charge >= 0.3 is 0 Å². The minimum atomic E-state index is -0.0420. The summed E-state index contributed by atoms with van der Waals surface area (Å²) >= 11 is 1.52. The number of anilines is 1. The zero-order valence-corrected chi connectivity index (χ0v) is 19.4. The predicted molar refractivity (Wildman–Crippen MR) is 125 cm³/mol. The first-order chi connectivity index (χ1) is 14.6. The Bertz CT molecular complexity index is 1190. The fourth-order valence-electron chi connectivity index (χ4n) is 3.36. The second kappa shape index (κ2) is 10.1. The number of para-hydroxylation sites is 1. The highest BCUT2D eigenvalue weighted by Crippen LogP contribution is 2.35. The maximum absolute atomic E-state index is 13.5. The van der Waals surface area contributed by atoms with Crippen LogP contribution in [0.4, 0.5) is 5.13 Å². The second-order valence-corrected chi connectivity index (χ2v) is 8.36. The first kappa shape index (κ1) is 23.0. The molecule has 1 amide bonds. The molecular formula is C24H25ClN3O2S-. The number of nitrogens with zero attached hydrogens (tertiary/aromatic N) is 3. The van der Waals surface area contributed by atoms with E-state index in [2.05, 4.69) is 11.0 Å². The van der Waals surface area contributed by atoms with Gasteiger partial charge in [0, 0.05) is 18.7 Å². The van der Waals surface area contributed by atoms with Crippen molar-refractivity contribution >= 4 is 43.4 Å². The number of aromatic nitrogens is 1. The predicted octanol–water partition coefficient (Wildman–Crippen LogP) is 2.06. The first-order valence-corrected chi connectivity index (χ1v) is 10.9. The van der Waals surface area contributed by atoms with Gasteiger partial charge in [-0.1, -0.05) is 47.7 Å². The summed E-state index contributed by atoms with van der Waals surface area (Å²) in [4.78, 5) is 22.2. The minimum absolute atomic E-state index is 0. The van der Waals surface area contributed by atoms with Crippen LogP contribution in [0, 0.1) is 0 Å². The molecule has 0 aliphatic heterocycles. The third kappa shape index (κ3) is 4.98. The molecule has 0 atom stereocenters. The molecule has 1 heterocycles. The topological polar surface area (TPSA) is 45.7 Å². The Kier molecular flexibility index (Phi) is 7.49. The highest BCUT2D eigenvalue weighted by atomic mass is 35.5. The number of rotatable bonds is 7. The molecule has 0 aliphatic rings. The maximum atomic E-state index is 13.5. The number of hydrogen-bond donors (Lipinski definition) is 0. The normalized spacial score (nSPS) is 11.0. The average molecular weight is 455 g/mol. The highest BCUT2D eigenvalue weighted by molar-refractivity contribution is 7.22. The standard InChI is InChI=1S/C24H25N3O2S.ClH/c1-4-29-20-10-7-11-21-22(20)25-24(30-21)27(15-14-26(2)3)23(28)19-13-12-17-8-5-6-9-18(17)16-19;/h5-13,16H,4,14-15H2,1-3H3;1H/p-1. The van der Waals surface area contributed by atoms with Crippen LogP contribution in [0.3, 0.4) is 0 Å². The molecule has 4 rings (SSSR count). The van der Waals surface area contributed by atoms with Crippen molar-refractivity contribution in [2.75, 3.05) is 38.7 Å². The van der Waals surface area contributed by atoms with Gasteiger partial charge in [0.1, 0.15) is 11.3 Å². The maximum Gasteiger partial charge on any atom is 0.260 e. The van der Waals surface area contributed by atoms with Crippen LogP contribution in [0.25, 0.3) is 21.0 Å². The quantitative estimate of drug-likeness (QED) is 0.429. The van der Waals surface area contributed by atoms with Crippen molar-refractivity contribution in [2.45, 2.75) is 6.92 Å². The largest absolute Gasteiger partial charge is 1.00 e. The number of hydrogen-bond acceptors (Lipinski definition) is 5. The van der Waals surface area contributed by atoms with Crippen molar-refractivity contribution in [3.05, 3.63) is 66.2 Å². The SMILES string of the molecule is CCOc1cccc2sc(N(CCN(C)C)C(=O)c3ccc4ccccc4c3)nc12.[Cl-]. The van der Waals surface area contributed by atoms with Gasteiger partial charge in [-0.05, 0) is 56.1 Å². The van der Waals surface area contributed by atoms with Crippen LogP contribution in [-0.4, -0.2) is 49.6 Å². The number of ether oxygens (including phenoxy) is 1. The van der Waals surface area contributed by atoms with E-state index in [9.17, 15) is 4.79 Å². The molecule has 0 bridgehead atoms. The molecule has 0 aliphatic carbocycles. The van der Waals surface area contributed by atoms with Crippen molar-refractivity contribution in [1.29, 1.82) is 0 Å². The van der Waals surface area contributed by atoms with Crippen LogP contribution in [0.2, 0.25) is 0 Å². The highest BCUT2D eigenvalue weighted by Gasteiger charge is 2.22. The van der Waals surface area contributed by atoms with Crippen LogP contribution in [0.15, 0.2) is 60.7 Å². The Balaban J connectivity index is 0.00000272. The number of carbonyl (C=O) groups is 1. The molecule has 0 spiro atoms. The third-order valence-electron chi connectivity index (χ3n) is 4.91. The summed E-state index contributed by atoms with van der Waals surface area (Å²) in [5.74, 6) is 0.711. The molecule has 0 fully saturated rings. The van der Waals surface area contributed by atoms with Gasteiger partial charge in [0.05, 0.1) is 11.3 Å². The number of carbonyl (C=O) groups excluding carboxylic acids is 1. The third-order valence-corrected chi connectivity index (χ3v) is 5.96. The summed E-state index contributed by atoms with van der Waals surface area (Å²) in [6, 6.07) is 19.8. The zero-order valence-electron chi connectivity index (χ0n) is 17.8. The molecule has 4 aromatic rings. The summed E-state index contributed by atoms with van der Waals surface area (Å²) in [7, 11) is 4.01. The summed E-state index contributed by atoms with van der Waals surface area (Å²) in [6.45, 7) is 3.83. The van der Waals surface area contributed by atoms with E-state index in [1.807, 2.05) is 75.6 Å². The lowest BCUT2D eigenvalue weighted by molar-refractivity contribution is -0.0000142. The smallest absolute Gasteiger partial charge is 0.260 e. The molecule has 0 radical (unpaired) electrons. The Morgan fingerprint density at radius 2 is 1.77 bits per heavy atom. The molecule has 3 aromatic carbocycles. The van der Waals surface area contributed by atoms with Gasteiger partial charge in [-0.15, -0.1) is 0 Å². The Labute approximate surface area is 192 Å². The van der Waals surface area contributed by atoms with Gasteiger partial charge in [-0.25, -0.2) is 4.98 Å². The fourth-order valence-corrected chi connectivity index (χ4v) is 4.37. The van der Waals surface area contributed by atoms with Crippen molar-refractivity contribution in [3.8, 4) is 5.75 Å². The van der Waals surface area contributed by atoms with E-state index in [1.54, 1.807) is 4.90 Å². The molecule has 0 saturated carbocycles. The molecular weight excluding hydrogens is 430 g/mol. The molecule has 0 saturated heterocycles. The molecule has 1 aromatic heterocycles. The Hall–Kier alpha value is -2.67. The zero-order chi connectivity index (χ0) is 21.1. The number of likely N-dealkylation sites (N-methyl/N-ethyl adjacent to an activating group) is 1. The number of amides is 1. The van der Waals surface area contributed by atoms with Crippen LogP contribution in [-0.2, 0) is 0 Å². The molecule has 7 heteroatoms. The fraction of sp³-hybridized carbons (Fsp3) is 0.250. The number of fused-ring (bicyclic) bond motifs is 2. The van der Waals surface area contributed by atoms with E-state index >= 15 is 0 Å². The molecule has 0 unspecified atom stereocenters. The lowest BCUT2D eigenvalue weighted by Crippen LogP contribution is -3.00. The minimum Gasteiger partial charge on any atom is -1.00 e. The van der Waals surface area contributed by atoms with E-state index < -0.39 is 0 Å². The number of benzene rings is 3. The van der Waals surface area contributed by atoms with Crippen molar-refractivity contribution in [2.24, 2.45) is 0 Å². The van der Waals surface area contributed by atoms with E-state index in [0.717, 1.165) is 33.3 Å². The Morgan fingerprint density at radius 1 is 1.00 bits per heavy atom. The monoisotopic (exact) mass is 454 g/mol. The van der Waals surface area contributed by atoms with Crippen molar-refractivity contribution in [1.82, 2.24) is 9.88 Å². The van der Waals surface area contributed by atoms with E-state index in [-0.39, 0.29) is 18.3 Å². The summed E-state index contributed by atoms with van der Waals surface area (Å²) in [5.41, 5.74) is 1.47. The first-order valence-electron chi connectivity index (χ1n) is 10.0. The summed E-state index contributed by atoms with van der Waals surface area (Å²) < 4.78 is 6.75. The van der Waals surface area contributed by atoms with Gasteiger partial charge in [0.25, 0.3) is 5.91 Å². The van der Waals surface area contributed by atoms with Crippen molar-refractivity contribution < 1.29 is 21.9 Å². The van der Waals surface area contributed by atoms with Gasteiger partial charge in [0.15, 0.2) is 5.13 Å². The van der Waals surface area contributed by atoms with Gasteiger partial charge < -0.3 is 22.0 Å². The van der Waals surface area contributed by atoms with Gasteiger partial charge in [-0.2, -0.15) is 0 Å². The van der Waals surface area contributed by atoms with E-state index in [0.29, 0.717) is 23.8 Å². The summed E-state index contributed by atoms with van der Waals surface area (Å²) in [6.07, 6.45) is 0. The van der Waals surface area contributed by atoms with Crippen LogP contribution < -0.4 is 22.0 Å². The molecule has 31 heavy (non-hydrogen) atoms. The van der Waals surface area contributed by atoms with Crippen LogP contribution >= 0.6 is 11.3 Å². The molecule has 0 N–H and O–H groups in total. The lowest BCUT2D eigenvalue weighted by Gasteiger charge is -2.22. The van der Waals surface area contributed by atoms with E-state index in [4.69, 9.17) is 9.72 Å². The number of thiazole rings is 1. The van der Waals surface area contributed by atoms with Gasteiger partial charge in [0.2, 0.25) is 0 Å². The second-order valence-electron chi connectivity index (χ2n) is 7.35. The van der Waals surface area contributed by atoms with Crippen molar-refractivity contribution in [3.63, 3.8) is 0 Å². The van der Waals surface area contributed by atoms with Crippen LogP contribution in [0.1, 0.15) is 17.3 Å². The summed E-state index contributed by atoms with van der Waals surface area (Å²) in [5, 5.41) is 2.87. The lowest BCUT2D eigenvalue weighted by atomic mass is 10.1. The molecule has 162 valence electrons. The van der Waals surface area contributed by atoms with Gasteiger partial charge in [-0.3, -0.25) is 9.69 Å². The average Bonchev–Trinajstić information content (AvgIpc) is 3.18. The van der Waals surface area contributed by atoms with E-state index in [1.165, 1.54) is 11.3 Å². The van der Waals surface area contributed by atoms with Crippen LogP contribution in [0.5, 0.6) is 5.75 Å². The number of halogens is 1. The molecule has 5 nitrogen and oxygen atoms in total.